The number of hydrogen-bond donors (Lipinski definition) is 2. The maximum atomic E-state index is 11.4. The average molecular weight is 366 g/mol. The molecule has 1 aliphatic carbocycles. The van der Waals surface area contributed by atoms with Gasteiger partial charge in [0.15, 0.2) is 0 Å². The Labute approximate surface area is 163 Å². The molecule has 0 heterocycles. The molecule has 0 unspecified atom stereocenters. The molecule has 0 spiro atoms. The van der Waals surface area contributed by atoms with Crippen LogP contribution in [0.4, 0.5) is 0 Å². The van der Waals surface area contributed by atoms with Crippen molar-refractivity contribution in [2.45, 2.75) is 65.3 Å². The van der Waals surface area contributed by atoms with E-state index in [1.54, 1.807) is 6.21 Å². The van der Waals surface area contributed by atoms with E-state index in [0.717, 1.165) is 30.7 Å². The summed E-state index contributed by atoms with van der Waals surface area (Å²) in [4.78, 5) is 16.1. The van der Waals surface area contributed by atoms with Crippen molar-refractivity contribution in [2.24, 2.45) is 22.4 Å². The van der Waals surface area contributed by atoms with Crippen molar-refractivity contribution in [1.29, 1.82) is 0 Å². The van der Waals surface area contributed by atoms with E-state index >= 15 is 0 Å². The van der Waals surface area contributed by atoms with E-state index in [0.29, 0.717) is 17.3 Å². The number of carbonyl (C=O) groups excluding carboxylic acids is 1. The second-order valence-corrected chi connectivity index (χ2v) is 7.58. The van der Waals surface area contributed by atoms with Crippen LogP contribution in [0.2, 0.25) is 0 Å². The Morgan fingerprint density at radius 2 is 1.93 bits per heavy atom. The van der Waals surface area contributed by atoms with Gasteiger partial charge < -0.3 is 11.5 Å². The molecule has 1 saturated carbocycles. The zero-order valence-corrected chi connectivity index (χ0v) is 16.7. The Morgan fingerprint density at radius 1 is 1.22 bits per heavy atom. The van der Waals surface area contributed by atoms with E-state index in [4.69, 9.17) is 11.5 Å². The number of hydrogen-bond acceptors (Lipinski definition) is 3. The van der Waals surface area contributed by atoms with Gasteiger partial charge in [0.1, 0.15) is 0 Å². The molecule has 2 rings (SSSR count). The Morgan fingerprint density at radius 3 is 2.56 bits per heavy atom. The summed E-state index contributed by atoms with van der Waals surface area (Å²) in [6.45, 7) is 6.45. The molecule has 27 heavy (non-hydrogen) atoms. The molecule has 1 aromatic rings. The largest absolute Gasteiger partial charge is 0.392 e. The zero-order chi connectivity index (χ0) is 19.8. The lowest BCUT2D eigenvalue weighted by atomic mass is 9.88. The quantitative estimate of drug-likeness (QED) is 0.617. The topological polar surface area (TPSA) is 81.5 Å². The molecule has 144 valence electrons. The normalized spacial score (nSPS) is 20.7. The summed E-state index contributed by atoms with van der Waals surface area (Å²) in [5.41, 5.74) is 15.9. The first-order valence-corrected chi connectivity index (χ1v) is 9.80. The summed E-state index contributed by atoms with van der Waals surface area (Å²) in [5, 5.41) is 0. The van der Waals surface area contributed by atoms with Gasteiger partial charge in [0, 0.05) is 23.4 Å². The third kappa shape index (κ3) is 6.94. The second-order valence-electron chi connectivity index (χ2n) is 7.58. The number of primary amides is 1. The fraction of sp³-hybridized carbons (Fsp3) is 0.478. The highest BCUT2D eigenvalue weighted by Crippen LogP contribution is 2.25. The molecule has 0 saturated heterocycles. The second kappa shape index (κ2) is 9.97. The van der Waals surface area contributed by atoms with Crippen molar-refractivity contribution >= 4 is 12.1 Å². The fourth-order valence-corrected chi connectivity index (χ4v) is 3.34. The minimum absolute atomic E-state index is 0.0567. The van der Waals surface area contributed by atoms with Crippen LogP contribution in [0.15, 0.2) is 34.5 Å². The molecule has 1 aliphatic rings. The van der Waals surface area contributed by atoms with Crippen molar-refractivity contribution in [2.75, 3.05) is 0 Å². The first-order chi connectivity index (χ1) is 12.9. The van der Waals surface area contributed by atoms with Gasteiger partial charge in [0.2, 0.25) is 5.91 Å². The number of rotatable bonds is 5. The van der Waals surface area contributed by atoms with Crippen LogP contribution in [0.25, 0.3) is 0 Å². The lowest BCUT2D eigenvalue weighted by Gasteiger charge is -2.23. The van der Waals surface area contributed by atoms with E-state index in [1.807, 2.05) is 6.07 Å². The minimum atomic E-state index is -0.428. The molecule has 1 amide bonds. The lowest BCUT2D eigenvalue weighted by Crippen LogP contribution is -2.17. The number of aryl methyl sites for hydroxylation is 2. The van der Waals surface area contributed by atoms with Gasteiger partial charge in [-0.15, -0.1) is 0 Å². The summed E-state index contributed by atoms with van der Waals surface area (Å²) in [7, 11) is 0. The number of carbonyl (C=O) groups is 1. The summed E-state index contributed by atoms with van der Waals surface area (Å²) in [6.07, 6.45) is 7.27. The van der Waals surface area contributed by atoms with Crippen molar-refractivity contribution in [3.63, 3.8) is 0 Å². The monoisotopic (exact) mass is 365 g/mol. The lowest BCUT2D eigenvalue weighted by molar-refractivity contribution is -0.117. The smallest absolute Gasteiger partial charge is 0.222 e. The van der Waals surface area contributed by atoms with E-state index in [-0.39, 0.29) is 6.42 Å². The van der Waals surface area contributed by atoms with Crippen LogP contribution in [-0.4, -0.2) is 18.2 Å². The van der Waals surface area contributed by atoms with Gasteiger partial charge >= 0.3 is 0 Å². The van der Waals surface area contributed by atoms with E-state index < -0.39 is 5.91 Å². The minimum Gasteiger partial charge on any atom is -0.392 e. The van der Waals surface area contributed by atoms with Gasteiger partial charge in [0.25, 0.3) is 0 Å². The summed E-state index contributed by atoms with van der Waals surface area (Å²) >= 11 is 0. The van der Waals surface area contributed by atoms with Gasteiger partial charge in [-0.3, -0.25) is 9.79 Å². The fourth-order valence-electron chi connectivity index (χ4n) is 3.34. The summed E-state index contributed by atoms with van der Waals surface area (Å²) in [6, 6.07) is 6.55. The standard InChI is InChI=1S/C23H31N3O/c1-4-18-11-17(3)12-19(13-18)7-10-22(24)20(14-23(25)27)15-26-21-8-5-16(2)6-9-21/h11-13,15-16,21H,4-6,8-9,14,24H2,1-3H3,(H2,25,27). The van der Waals surface area contributed by atoms with Crippen molar-refractivity contribution in [3.05, 3.63) is 46.2 Å². The van der Waals surface area contributed by atoms with Crippen LogP contribution in [0, 0.1) is 24.7 Å². The number of aliphatic imine (C=N–C) groups is 1. The Hall–Kier alpha value is -2.54. The molecule has 4 N–H and O–H groups in total. The third-order valence-electron chi connectivity index (χ3n) is 5.02. The molecule has 0 bridgehead atoms. The van der Waals surface area contributed by atoms with Gasteiger partial charge in [0.05, 0.1) is 12.1 Å². The van der Waals surface area contributed by atoms with Crippen LogP contribution in [0.3, 0.4) is 0 Å². The maximum absolute atomic E-state index is 11.4. The molecule has 0 radical (unpaired) electrons. The Kier molecular flexibility index (Phi) is 7.67. The number of allylic oxidation sites excluding steroid dienone is 1. The van der Waals surface area contributed by atoms with Crippen LogP contribution in [0.5, 0.6) is 0 Å². The van der Waals surface area contributed by atoms with Gasteiger partial charge in [-0.1, -0.05) is 25.8 Å². The number of benzene rings is 1. The average Bonchev–Trinajstić information content (AvgIpc) is 2.63. The molecular formula is C23H31N3O. The van der Waals surface area contributed by atoms with Crippen LogP contribution in [-0.2, 0) is 11.2 Å². The Bertz CT molecular complexity index is 788. The molecule has 1 aromatic carbocycles. The number of nitrogens with two attached hydrogens (primary N) is 2. The van der Waals surface area contributed by atoms with Gasteiger partial charge in [-0.05, 0) is 74.1 Å². The maximum Gasteiger partial charge on any atom is 0.222 e. The molecule has 4 heteroatoms. The highest BCUT2D eigenvalue weighted by molar-refractivity contribution is 5.90. The van der Waals surface area contributed by atoms with E-state index in [2.05, 4.69) is 49.7 Å². The molecule has 0 aliphatic heterocycles. The molecule has 4 nitrogen and oxygen atoms in total. The molecule has 1 fully saturated rings. The van der Waals surface area contributed by atoms with Crippen LogP contribution in [0.1, 0.15) is 62.6 Å². The molecular weight excluding hydrogens is 334 g/mol. The van der Waals surface area contributed by atoms with E-state index in [1.165, 1.54) is 24.0 Å². The van der Waals surface area contributed by atoms with Gasteiger partial charge in [-0.2, -0.15) is 0 Å². The Balaban J connectivity index is 2.22. The van der Waals surface area contributed by atoms with Crippen LogP contribution < -0.4 is 11.5 Å². The van der Waals surface area contributed by atoms with Crippen molar-refractivity contribution < 1.29 is 4.79 Å². The molecule has 0 aromatic heterocycles. The van der Waals surface area contributed by atoms with Crippen molar-refractivity contribution in [1.82, 2.24) is 0 Å². The third-order valence-corrected chi connectivity index (χ3v) is 5.02. The van der Waals surface area contributed by atoms with Gasteiger partial charge in [-0.25, -0.2) is 0 Å². The SMILES string of the molecule is CCc1cc(C)cc(C#CC(N)=C(C=NC2CCC(C)CC2)CC(N)=O)c1. The predicted molar refractivity (Wildman–Crippen MR) is 112 cm³/mol. The van der Waals surface area contributed by atoms with Crippen molar-refractivity contribution in [3.8, 4) is 11.8 Å². The molecule has 0 atom stereocenters. The van der Waals surface area contributed by atoms with Crippen LogP contribution >= 0.6 is 0 Å². The predicted octanol–water partition coefficient (Wildman–Crippen LogP) is 3.65. The summed E-state index contributed by atoms with van der Waals surface area (Å²) < 4.78 is 0. The zero-order valence-electron chi connectivity index (χ0n) is 16.7. The number of nitrogens with zero attached hydrogens (tertiary/aromatic N) is 1. The highest BCUT2D eigenvalue weighted by Gasteiger charge is 2.17. The highest BCUT2D eigenvalue weighted by atomic mass is 16.1. The number of amides is 1. The first-order valence-electron chi connectivity index (χ1n) is 9.80. The van der Waals surface area contributed by atoms with E-state index in [9.17, 15) is 4.79 Å². The first kappa shape index (κ1) is 20.8. The summed E-state index contributed by atoms with van der Waals surface area (Å²) in [5.74, 6) is 6.44.